The third kappa shape index (κ3) is 7.98. The van der Waals surface area contributed by atoms with E-state index in [0.29, 0.717) is 6.61 Å². The average Bonchev–Trinajstić information content (AvgIpc) is 2.09. The second-order valence-electron chi connectivity index (χ2n) is 2.81. The van der Waals surface area contributed by atoms with Crippen LogP contribution in [0.2, 0.25) is 0 Å². The fourth-order valence-electron chi connectivity index (χ4n) is 0.793. The van der Waals surface area contributed by atoms with Crippen LogP contribution < -0.4 is 0 Å². The lowest BCUT2D eigenvalue weighted by Gasteiger charge is -2.11. The Morgan fingerprint density at radius 2 is 2.08 bits per heavy atom. The van der Waals surface area contributed by atoms with Gasteiger partial charge in [0.1, 0.15) is 6.61 Å². The van der Waals surface area contributed by atoms with Gasteiger partial charge in [0.05, 0.1) is 19.3 Å². The normalized spacial score (nSPS) is 13.2. The molecule has 0 saturated carbocycles. The predicted octanol–water partition coefficient (Wildman–Crippen LogP) is 1.64. The van der Waals surface area contributed by atoms with Crippen LogP contribution in [0.25, 0.3) is 0 Å². The summed E-state index contributed by atoms with van der Waals surface area (Å²) in [4.78, 5) is 0. The van der Waals surface area contributed by atoms with Crippen LogP contribution in [0.5, 0.6) is 0 Å². The molecule has 0 spiro atoms. The van der Waals surface area contributed by atoms with Gasteiger partial charge in [0.15, 0.2) is 0 Å². The second kappa shape index (κ2) is 8.97. The molecule has 0 fully saturated rings. The van der Waals surface area contributed by atoms with Gasteiger partial charge in [-0.3, -0.25) is 0 Å². The first-order chi connectivity index (χ1) is 5.81. The fraction of sp³-hybridized carbons (Fsp3) is 1.00. The summed E-state index contributed by atoms with van der Waals surface area (Å²) in [6.07, 6.45) is 2.29. The van der Waals surface area contributed by atoms with Crippen molar-refractivity contribution in [2.45, 2.75) is 32.8 Å². The first-order valence-corrected chi connectivity index (χ1v) is 4.58. The Kier molecular flexibility index (Phi) is 8.88. The number of hydrogen-bond donors (Lipinski definition) is 0. The molecule has 0 saturated heterocycles. The van der Waals surface area contributed by atoms with Crippen molar-refractivity contribution in [2.24, 2.45) is 0 Å². The first-order valence-electron chi connectivity index (χ1n) is 4.58. The van der Waals surface area contributed by atoms with Crippen LogP contribution in [0.4, 0.5) is 0 Å². The molecular formula is C9H19O3. The Balaban J connectivity index is 3.02. The number of hydrogen-bond acceptors (Lipinski definition) is 2. The SMILES string of the molecule is CCCCOCC(C)OCC[O]. The Morgan fingerprint density at radius 1 is 1.33 bits per heavy atom. The summed E-state index contributed by atoms with van der Waals surface area (Å²) in [6.45, 7) is 5.56. The maximum absolute atomic E-state index is 10.0. The lowest BCUT2D eigenvalue weighted by molar-refractivity contribution is -0.0269. The summed E-state index contributed by atoms with van der Waals surface area (Å²) in [6, 6.07) is 0. The zero-order chi connectivity index (χ0) is 9.23. The topological polar surface area (TPSA) is 38.4 Å². The van der Waals surface area contributed by atoms with E-state index in [0.717, 1.165) is 19.4 Å². The molecule has 0 aliphatic rings. The van der Waals surface area contributed by atoms with Crippen molar-refractivity contribution in [1.29, 1.82) is 0 Å². The van der Waals surface area contributed by atoms with Gasteiger partial charge in [0.2, 0.25) is 0 Å². The van der Waals surface area contributed by atoms with Crippen molar-refractivity contribution in [3.8, 4) is 0 Å². The van der Waals surface area contributed by atoms with E-state index >= 15 is 0 Å². The van der Waals surface area contributed by atoms with Gasteiger partial charge in [0.25, 0.3) is 0 Å². The van der Waals surface area contributed by atoms with Crippen LogP contribution in [0.3, 0.4) is 0 Å². The highest BCUT2D eigenvalue weighted by Gasteiger charge is 2.00. The second-order valence-corrected chi connectivity index (χ2v) is 2.81. The molecule has 1 atom stereocenters. The number of ether oxygens (including phenoxy) is 2. The van der Waals surface area contributed by atoms with Crippen LogP contribution in [-0.2, 0) is 14.6 Å². The van der Waals surface area contributed by atoms with Crippen molar-refractivity contribution in [1.82, 2.24) is 0 Å². The zero-order valence-electron chi connectivity index (χ0n) is 8.04. The van der Waals surface area contributed by atoms with Crippen LogP contribution >= 0.6 is 0 Å². The molecule has 0 aromatic heterocycles. The van der Waals surface area contributed by atoms with Crippen molar-refractivity contribution in [3.63, 3.8) is 0 Å². The van der Waals surface area contributed by atoms with Gasteiger partial charge >= 0.3 is 0 Å². The highest BCUT2D eigenvalue weighted by molar-refractivity contribution is 4.46. The number of rotatable bonds is 8. The van der Waals surface area contributed by atoms with Gasteiger partial charge in [-0.25, -0.2) is 5.11 Å². The molecule has 3 heteroatoms. The molecule has 0 N–H and O–H groups in total. The molecule has 0 bridgehead atoms. The molecule has 3 nitrogen and oxygen atoms in total. The highest BCUT2D eigenvalue weighted by atomic mass is 16.5. The summed E-state index contributed by atoms with van der Waals surface area (Å²) < 4.78 is 10.4. The molecule has 0 aromatic carbocycles. The minimum absolute atomic E-state index is 0.0517. The standard InChI is InChI=1S/C9H19O3/c1-3-4-6-11-8-9(2)12-7-5-10/h9H,3-8H2,1-2H3. The van der Waals surface area contributed by atoms with E-state index in [9.17, 15) is 5.11 Å². The molecule has 0 amide bonds. The Morgan fingerprint density at radius 3 is 2.67 bits per heavy atom. The van der Waals surface area contributed by atoms with Crippen molar-refractivity contribution in [2.75, 3.05) is 26.4 Å². The van der Waals surface area contributed by atoms with E-state index in [1.165, 1.54) is 0 Å². The molecule has 1 radical (unpaired) electrons. The van der Waals surface area contributed by atoms with Crippen LogP contribution in [-0.4, -0.2) is 32.5 Å². The molecule has 0 rings (SSSR count). The van der Waals surface area contributed by atoms with E-state index in [2.05, 4.69) is 6.92 Å². The van der Waals surface area contributed by atoms with E-state index in [1.807, 2.05) is 6.92 Å². The van der Waals surface area contributed by atoms with Crippen LogP contribution in [0.1, 0.15) is 26.7 Å². The fourth-order valence-corrected chi connectivity index (χ4v) is 0.793. The van der Waals surface area contributed by atoms with Crippen molar-refractivity contribution in [3.05, 3.63) is 0 Å². The summed E-state index contributed by atoms with van der Waals surface area (Å²) in [5.74, 6) is 0. The molecule has 1 unspecified atom stereocenters. The van der Waals surface area contributed by atoms with Gasteiger partial charge in [-0.05, 0) is 13.3 Å². The largest absolute Gasteiger partial charge is 0.379 e. The quantitative estimate of drug-likeness (QED) is 0.526. The van der Waals surface area contributed by atoms with Gasteiger partial charge < -0.3 is 9.47 Å². The average molecular weight is 175 g/mol. The first kappa shape index (κ1) is 11.9. The van der Waals surface area contributed by atoms with Gasteiger partial charge in [0, 0.05) is 6.61 Å². The minimum atomic E-state index is -0.167. The van der Waals surface area contributed by atoms with E-state index in [1.54, 1.807) is 0 Å². The van der Waals surface area contributed by atoms with Crippen LogP contribution in [0, 0.1) is 0 Å². The third-order valence-corrected chi connectivity index (χ3v) is 1.48. The third-order valence-electron chi connectivity index (χ3n) is 1.48. The van der Waals surface area contributed by atoms with Crippen molar-refractivity contribution >= 4 is 0 Å². The maximum Gasteiger partial charge on any atom is 0.106 e. The van der Waals surface area contributed by atoms with Crippen molar-refractivity contribution < 1.29 is 14.6 Å². The molecule has 12 heavy (non-hydrogen) atoms. The molecule has 0 heterocycles. The monoisotopic (exact) mass is 175 g/mol. The lowest BCUT2D eigenvalue weighted by Crippen LogP contribution is -2.18. The predicted molar refractivity (Wildman–Crippen MR) is 46.7 cm³/mol. The van der Waals surface area contributed by atoms with E-state index in [4.69, 9.17) is 9.47 Å². The summed E-state index contributed by atoms with van der Waals surface area (Å²) >= 11 is 0. The maximum atomic E-state index is 10.0. The molecule has 73 valence electrons. The van der Waals surface area contributed by atoms with Gasteiger partial charge in [-0.1, -0.05) is 13.3 Å². The van der Waals surface area contributed by atoms with Gasteiger partial charge in [-0.2, -0.15) is 0 Å². The molecule has 0 aliphatic heterocycles. The summed E-state index contributed by atoms with van der Waals surface area (Å²) in [5, 5.41) is 10.0. The van der Waals surface area contributed by atoms with E-state index in [-0.39, 0.29) is 19.3 Å². The smallest absolute Gasteiger partial charge is 0.106 e. The van der Waals surface area contributed by atoms with Crippen LogP contribution in [0.15, 0.2) is 0 Å². The highest BCUT2D eigenvalue weighted by Crippen LogP contribution is 1.94. The minimum Gasteiger partial charge on any atom is -0.379 e. The summed E-state index contributed by atoms with van der Waals surface area (Å²) in [5.41, 5.74) is 0. The summed E-state index contributed by atoms with van der Waals surface area (Å²) in [7, 11) is 0. The molecular weight excluding hydrogens is 156 g/mol. The van der Waals surface area contributed by atoms with Gasteiger partial charge in [-0.15, -0.1) is 0 Å². The zero-order valence-corrected chi connectivity index (χ0v) is 8.04. The lowest BCUT2D eigenvalue weighted by atomic mass is 10.3. The number of unbranched alkanes of at least 4 members (excludes halogenated alkanes) is 1. The Labute approximate surface area is 74.7 Å². The molecule has 0 aromatic rings. The Hall–Kier alpha value is -0.120. The molecule has 0 aliphatic carbocycles. The Bertz CT molecular complexity index is 85.8. The van der Waals surface area contributed by atoms with E-state index < -0.39 is 0 Å².